The van der Waals surface area contributed by atoms with Crippen LogP contribution in [0.3, 0.4) is 0 Å². The Bertz CT molecular complexity index is 120. The van der Waals surface area contributed by atoms with Gasteiger partial charge in [0.25, 0.3) is 0 Å². The number of hydrogen-bond acceptors (Lipinski definition) is 1. The Kier molecular flexibility index (Phi) is 22.3. The van der Waals surface area contributed by atoms with Gasteiger partial charge in [0.2, 0.25) is 0 Å². The molecule has 0 saturated carbocycles. The zero-order chi connectivity index (χ0) is 10.5. The van der Waals surface area contributed by atoms with Gasteiger partial charge >= 0.3 is 126 Å². The van der Waals surface area contributed by atoms with Crippen molar-refractivity contribution < 1.29 is 20.7 Å². The first-order valence-corrected chi connectivity index (χ1v) is 9.81. The molecule has 0 aliphatic carbocycles. The third-order valence-corrected chi connectivity index (χ3v) is 4.40. The van der Waals surface area contributed by atoms with Crippen LogP contribution in [0.5, 0.6) is 0 Å². The van der Waals surface area contributed by atoms with Crippen molar-refractivity contribution in [2.75, 3.05) is 0 Å². The molecule has 0 N–H and O–H groups in total. The minimum absolute atomic E-state index is 0. The quantitative estimate of drug-likeness (QED) is 0.409. The van der Waals surface area contributed by atoms with E-state index >= 15 is 0 Å². The summed E-state index contributed by atoms with van der Waals surface area (Å²) < 4.78 is 10.4. The van der Waals surface area contributed by atoms with E-state index in [0.717, 1.165) is 5.02 Å². The first-order chi connectivity index (χ1) is 6.91. The Morgan fingerprint density at radius 3 is 1.53 bits per heavy atom. The molecule has 0 saturated heterocycles. The summed E-state index contributed by atoms with van der Waals surface area (Å²) in [5.41, 5.74) is 0. The van der Waals surface area contributed by atoms with Crippen LogP contribution in [0, 0.1) is 0 Å². The summed E-state index contributed by atoms with van der Waals surface area (Å²) in [6.45, 7) is 2.26. The van der Waals surface area contributed by atoms with Crippen LogP contribution in [-0.4, -0.2) is 29.6 Å². The minimum atomic E-state index is -1.24. The van der Waals surface area contributed by atoms with Crippen molar-refractivity contribution in [2.24, 2.45) is 0 Å². The van der Waals surface area contributed by atoms with Gasteiger partial charge in [-0.1, -0.05) is 0 Å². The standard InChI is InChI=1S/C12H25.Na.O.Zn.H/c1-3-5-7-9-11-12-10-8-6-4-2;;;;/h1,3-12H2,2H3;;;;. The van der Waals surface area contributed by atoms with E-state index < -0.39 is 17.1 Å². The fourth-order valence-electron chi connectivity index (χ4n) is 1.77. The molecule has 0 spiro atoms. The van der Waals surface area contributed by atoms with Crippen molar-refractivity contribution in [3.05, 3.63) is 0 Å². The fourth-order valence-corrected chi connectivity index (χ4v) is 2.94. The number of hydrogen-bond donors (Lipinski definition) is 0. The molecule has 0 fully saturated rings. The molecule has 0 radical (unpaired) electrons. The van der Waals surface area contributed by atoms with Crippen molar-refractivity contribution in [1.82, 2.24) is 0 Å². The summed E-state index contributed by atoms with van der Waals surface area (Å²) in [5.74, 6) is 0. The van der Waals surface area contributed by atoms with E-state index in [1.165, 1.54) is 64.2 Å². The average Bonchev–Trinajstić information content (AvgIpc) is 2.21. The van der Waals surface area contributed by atoms with Gasteiger partial charge in [0, 0.05) is 0 Å². The van der Waals surface area contributed by atoms with Crippen LogP contribution in [0.15, 0.2) is 0 Å². The van der Waals surface area contributed by atoms with Crippen LogP contribution >= 0.6 is 0 Å². The molecule has 0 aliphatic rings. The molecular formula is C12H26NaOZn. The molecule has 0 bridgehead atoms. The Morgan fingerprint density at radius 2 is 1.13 bits per heavy atom. The molecule has 0 heterocycles. The van der Waals surface area contributed by atoms with Crippen molar-refractivity contribution in [1.29, 1.82) is 0 Å². The summed E-state index contributed by atoms with van der Waals surface area (Å²) >= 11 is -1.24. The molecule has 0 rings (SSSR count). The third kappa shape index (κ3) is 18.0. The Hall–Kier alpha value is 1.42. The van der Waals surface area contributed by atoms with Gasteiger partial charge in [-0.2, -0.15) is 0 Å². The molecule has 0 amide bonds. The summed E-state index contributed by atoms with van der Waals surface area (Å²) in [6, 6.07) is 0. The third-order valence-electron chi connectivity index (χ3n) is 2.75. The number of rotatable bonds is 11. The zero-order valence-corrected chi connectivity index (χ0v) is 12.9. The van der Waals surface area contributed by atoms with Gasteiger partial charge in [-0.15, -0.1) is 0 Å². The maximum atomic E-state index is 10.4. The van der Waals surface area contributed by atoms with Crippen LogP contribution < -0.4 is 0 Å². The SMILES string of the molecule is CCCCCCCCCCC[CH2][Zn]=[O].[NaH]. The molecule has 0 aromatic carbocycles. The molecular weight excluding hydrogens is 249 g/mol. The Balaban J connectivity index is 0. The fraction of sp³-hybridized carbons (Fsp3) is 1.00. The molecule has 0 unspecified atom stereocenters. The topological polar surface area (TPSA) is 17.1 Å². The molecule has 15 heavy (non-hydrogen) atoms. The van der Waals surface area contributed by atoms with E-state index in [-0.39, 0.29) is 29.6 Å². The van der Waals surface area contributed by atoms with Crippen molar-refractivity contribution >= 4 is 29.6 Å². The van der Waals surface area contributed by atoms with Crippen LogP contribution in [0.4, 0.5) is 0 Å². The predicted molar refractivity (Wildman–Crippen MR) is 64.5 cm³/mol. The summed E-state index contributed by atoms with van der Waals surface area (Å²) in [7, 11) is 0. The van der Waals surface area contributed by atoms with Gasteiger partial charge in [0.1, 0.15) is 0 Å². The van der Waals surface area contributed by atoms with E-state index in [1.807, 2.05) is 0 Å². The summed E-state index contributed by atoms with van der Waals surface area (Å²) in [4.78, 5) is 0. The van der Waals surface area contributed by atoms with Gasteiger partial charge in [-0.25, -0.2) is 0 Å². The monoisotopic (exact) mass is 273 g/mol. The molecule has 0 atom stereocenters. The van der Waals surface area contributed by atoms with E-state index in [4.69, 9.17) is 0 Å². The van der Waals surface area contributed by atoms with E-state index in [9.17, 15) is 3.57 Å². The molecule has 1 nitrogen and oxygen atoms in total. The second-order valence-corrected chi connectivity index (χ2v) is 6.58. The van der Waals surface area contributed by atoms with Crippen LogP contribution in [-0.2, 0) is 20.7 Å². The van der Waals surface area contributed by atoms with Gasteiger partial charge < -0.3 is 0 Å². The van der Waals surface area contributed by atoms with Gasteiger partial charge in [-0.3, -0.25) is 0 Å². The van der Waals surface area contributed by atoms with Crippen LogP contribution in [0.25, 0.3) is 0 Å². The molecule has 0 aromatic rings. The number of unbranched alkanes of at least 4 members (excludes halogenated alkanes) is 9. The van der Waals surface area contributed by atoms with E-state index in [1.54, 1.807) is 0 Å². The van der Waals surface area contributed by atoms with Gasteiger partial charge in [0.05, 0.1) is 0 Å². The Morgan fingerprint density at radius 1 is 0.733 bits per heavy atom. The van der Waals surface area contributed by atoms with Crippen molar-refractivity contribution in [3.8, 4) is 0 Å². The van der Waals surface area contributed by atoms with Crippen LogP contribution in [0.1, 0.15) is 71.1 Å². The molecule has 3 heteroatoms. The Labute approximate surface area is 125 Å². The molecule has 0 aromatic heterocycles. The van der Waals surface area contributed by atoms with Crippen LogP contribution in [0.2, 0.25) is 5.02 Å². The molecule has 0 aliphatic heterocycles. The summed E-state index contributed by atoms with van der Waals surface area (Å²) in [5, 5.41) is 1.07. The van der Waals surface area contributed by atoms with Gasteiger partial charge in [-0.05, 0) is 0 Å². The zero-order valence-electron chi connectivity index (χ0n) is 9.89. The maximum absolute atomic E-state index is 10.4. The van der Waals surface area contributed by atoms with E-state index in [2.05, 4.69) is 6.92 Å². The molecule has 83 valence electrons. The van der Waals surface area contributed by atoms with Crippen molar-refractivity contribution in [3.63, 3.8) is 0 Å². The predicted octanol–water partition coefficient (Wildman–Crippen LogP) is 4.11. The van der Waals surface area contributed by atoms with Gasteiger partial charge in [0.15, 0.2) is 0 Å². The first kappa shape index (κ1) is 18.8. The normalized spacial score (nSPS) is 9.40. The van der Waals surface area contributed by atoms with E-state index in [0.29, 0.717) is 0 Å². The average molecular weight is 275 g/mol. The first-order valence-electron chi connectivity index (χ1n) is 6.50. The second-order valence-electron chi connectivity index (χ2n) is 4.24. The summed E-state index contributed by atoms with van der Waals surface area (Å²) in [6.07, 6.45) is 13.8. The van der Waals surface area contributed by atoms with Crippen molar-refractivity contribution in [2.45, 2.75) is 76.1 Å². The second kappa shape index (κ2) is 17.8.